The molecule has 0 amide bonds. The average Bonchev–Trinajstić information content (AvgIpc) is 2.27. The van der Waals surface area contributed by atoms with Crippen molar-refractivity contribution < 1.29 is 23.1 Å². The molecule has 4 nitrogen and oxygen atoms in total. The van der Waals surface area contributed by atoms with E-state index < -0.39 is 17.7 Å². The molecule has 7 heteroatoms. The van der Waals surface area contributed by atoms with Gasteiger partial charge in [-0.1, -0.05) is 0 Å². The summed E-state index contributed by atoms with van der Waals surface area (Å²) in [7, 11) is 1.65. The molecule has 0 bridgehead atoms. The Bertz CT molecular complexity index is 404. The van der Waals surface area contributed by atoms with Crippen LogP contribution in [0.3, 0.4) is 0 Å². The van der Waals surface area contributed by atoms with E-state index in [1.54, 1.807) is 11.9 Å². The van der Waals surface area contributed by atoms with Crippen LogP contribution in [0.4, 0.5) is 19.0 Å². The fraction of sp³-hybridized carbons (Fsp3) is 0.455. The number of alkyl halides is 3. The Kier molecular flexibility index (Phi) is 4.52. The monoisotopic (exact) mass is 262 g/mol. The third-order valence-electron chi connectivity index (χ3n) is 2.35. The minimum Gasteiger partial charge on any atom is -0.481 e. The van der Waals surface area contributed by atoms with E-state index in [9.17, 15) is 18.0 Å². The maximum Gasteiger partial charge on any atom is 0.417 e. The van der Waals surface area contributed by atoms with Crippen LogP contribution < -0.4 is 4.90 Å². The number of aliphatic carboxylic acids is 1. The molecule has 0 saturated heterocycles. The van der Waals surface area contributed by atoms with Gasteiger partial charge in [0.05, 0.1) is 5.56 Å². The Morgan fingerprint density at radius 1 is 1.44 bits per heavy atom. The van der Waals surface area contributed by atoms with Crippen molar-refractivity contribution in [3.8, 4) is 0 Å². The van der Waals surface area contributed by atoms with Gasteiger partial charge in [-0.05, 0) is 18.6 Å². The highest BCUT2D eigenvalue weighted by atomic mass is 19.4. The Morgan fingerprint density at radius 3 is 2.56 bits per heavy atom. The van der Waals surface area contributed by atoms with E-state index >= 15 is 0 Å². The van der Waals surface area contributed by atoms with Crippen molar-refractivity contribution in [1.29, 1.82) is 0 Å². The van der Waals surface area contributed by atoms with Crippen LogP contribution >= 0.6 is 0 Å². The maximum absolute atomic E-state index is 12.3. The quantitative estimate of drug-likeness (QED) is 0.885. The molecule has 0 saturated carbocycles. The highest BCUT2D eigenvalue weighted by Crippen LogP contribution is 2.29. The number of carboxylic acid groups (broad SMARTS) is 1. The van der Waals surface area contributed by atoms with Gasteiger partial charge in [0.15, 0.2) is 0 Å². The average molecular weight is 262 g/mol. The second-order valence-corrected chi connectivity index (χ2v) is 3.82. The van der Waals surface area contributed by atoms with E-state index in [0.29, 0.717) is 18.8 Å². The number of pyridine rings is 1. The molecule has 1 N–H and O–H groups in total. The third-order valence-corrected chi connectivity index (χ3v) is 2.35. The fourth-order valence-electron chi connectivity index (χ4n) is 1.36. The molecule has 18 heavy (non-hydrogen) atoms. The number of aromatic nitrogens is 1. The number of rotatable bonds is 5. The minimum atomic E-state index is -4.40. The van der Waals surface area contributed by atoms with Crippen LogP contribution in [0.1, 0.15) is 18.4 Å². The summed E-state index contributed by atoms with van der Waals surface area (Å²) in [4.78, 5) is 15.6. The molecule has 1 aromatic heterocycles. The van der Waals surface area contributed by atoms with Crippen LogP contribution in [0.25, 0.3) is 0 Å². The van der Waals surface area contributed by atoms with E-state index in [1.165, 1.54) is 6.07 Å². The van der Waals surface area contributed by atoms with Crippen molar-refractivity contribution in [3.05, 3.63) is 23.9 Å². The minimum absolute atomic E-state index is 0.0188. The van der Waals surface area contributed by atoms with Crippen LogP contribution in [-0.2, 0) is 11.0 Å². The van der Waals surface area contributed by atoms with E-state index in [0.717, 1.165) is 12.3 Å². The van der Waals surface area contributed by atoms with Crippen molar-refractivity contribution in [1.82, 2.24) is 4.98 Å². The molecule has 0 unspecified atom stereocenters. The van der Waals surface area contributed by atoms with E-state index in [4.69, 9.17) is 5.11 Å². The predicted molar refractivity (Wildman–Crippen MR) is 59.4 cm³/mol. The molecule has 0 radical (unpaired) electrons. The van der Waals surface area contributed by atoms with Crippen molar-refractivity contribution in [3.63, 3.8) is 0 Å². The lowest BCUT2D eigenvalue weighted by molar-refractivity contribution is -0.138. The van der Waals surface area contributed by atoms with Crippen LogP contribution in [-0.4, -0.2) is 29.7 Å². The number of hydrogen-bond acceptors (Lipinski definition) is 3. The summed E-state index contributed by atoms with van der Waals surface area (Å²) >= 11 is 0. The number of carbonyl (C=O) groups is 1. The highest BCUT2D eigenvalue weighted by Gasteiger charge is 2.30. The molecule has 0 aliphatic rings. The second kappa shape index (κ2) is 5.70. The zero-order chi connectivity index (χ0) is 13.8. The molecular weight excluding hydrogens is 249 g/mol. The molecule has 1 aromatic rings. The summed E-state index contributed by atoms with van der Waals surface area (Å²) in [5, 5.41) is 8.46. The molecular formula is C11H13F3N2O2. The van der Waals surface area contributed by atoms with Crippen molar-refractivity contribution in [2.45, 2.75) is 19.0 Å². The zero-order valence-electron chi connectivity index (χ0n) is 9.74. The molecule has 1 heterocycles. The number of anilines is 1. The molecule has 0 atom stereocenters. The number of nitrogens with zero attached hydrogens (tertiary/aromatic N) is 2. The molecule has 1 rings (SSSR count). The van der Waals surface area contributed by atoms with Crippen LogP contribution in [0.2, 0.25) is 0 Å². The van der Waals surface area contributed by atoms with Gasteiger partial charge in [0, 0.05) is 26.2 Å². The summed E-state index contributed by atoms with van der Waals surface area (Å²) in [5.74, 6) is -0.517. The van der Waals surface area contributed by atoms with Gasteiger partial charge in [-0.25, -0.2) is 4.98 Å². The van der Waals surface area contributed by atoms with Gasteiger partial charge in [-0.2, -0.15) is 13.2 Å². The van der Waals surface area contributed by atoms with Gasteiger partial charge in [0.2, 0.25) is 0 Å². The maximum atomic E-state index is 12.3. The fourth-order valence-corrected chi connectivity index (χ4v) is 1.36. The van der Waals surface area contributed by atoms with E-state index in [2.05, 4.69) is 4.98 Å². The molecule has 0 aliphatic heterocycles. The van der Waals surface area contributed by atoms with Gasteiger partial charge in [0.25, 0.3) is 0 Å². The molecule has 0 aliphatic carbocycles. The Balaban J connectivity index is 2.59. The SMILES string of the molecule is CN(CCCC(=O)O)c1ccc(C(F)(F)F)cn1. The topological polar surface area (TPSA) is 53.4 Å². The van der Waals surface area contributed by atoms with Gasteiger partial charge >= 0.3 is 12.1 Å². The number of halogens is 3. The third kappa shape index (κ3) is 4.23. The molecule has 100 valence electrons. The Labute approximate surface area is 102 Å². The molecule has 0 spiro atoms. The van der Waals surface area contributed by atoms with Crippen LogP contribution in [0.15, 0.2) is 18.3 Å². The lowest BCUT2D eigenvalue weighted by atomic mass is 10.2. The van der Waals surface area contributed by atoms with E-state index in [1.807, 2.05) is 0 Å². The first-order valence-corrected chi connectivity index (χ1v) is 5.27. The van der Waals surface area contributed by atoms with Gasteiger partial charge in [-0.15, -0.1) is 0 Å². The zero-order valence-corrected chi connectivity index (χ0v) is 9.74. The standard InChI is InChI=1S/C11H13F3N2O2/c1-16(6-2-3-10(17)18)9-5-4-8(7-15-9)11(12,13)14/h4-5,7H,2-3,6H2,1H3,(H,17,18). The largest absolute Gasteiger partial charge is 0.481 e. The summed E-state index contributed by atoms with van der Waals surface area (Å²) in [5.41, 5.74) is -0.801. The lowest BCUT2D eigenvalue weighted by Gasteiger charge is -2.18. The summed E-state index contributed by atoms with van der Waals surface area (Å²) in [6.45, 7) is 0.421. The van der Waals surface area contributed by atoms with Gasteiger partial charge in [0.1, 0.15) is 5.82 Å². The van der Waals surface area contributed by atoms with Crippen molar-refractivity contribution in [2.75, 3.05) is 18.5 Å². The molecule has 0 aromatic carbocycles. The first kappa shape index (κ1) is 14.3. The highest BCUT2D eigenvalue weighted by molar-refractivity contribution is 5.66. The Morgan fingerprint density at radius 2 is 2.11 bits per heavy atom. The van der Waals surface area contributed by atoms with Gasteiger partial charge in [-0.3, -0.25) is 4.79 Å². The summed E-state index contributed by atoms with van der Waals surface area (Å²) in [6, 6.07) is 2.22. The molecule has 0 fully saturated rings. The van der Waals surface area contributed by atoms with E-state index in [-0.39, 0.29) is 6.42 Å². The van der Waals surface area contributed by atoms with Crippen molar-refractivity contribution in [2.24, 2.45) is 0 Å². The smallest absolute Gasteiger partial charge is 0.417 e. The van der Waals surface area contributed by atoms with Gasteiger partial charge < -0.3 is 10.0 Å². The first-order chi connectivity index (χ1) is 8.30. The normalized spacial score (nSPS) is 11.3. The second-order valence-electron chi connectivity index (χ2n) is 3.82. The predicted octanol–water partition coefficient (Wildman–Crippen LogP) is 2.40. The van der Waals surface area contributed by atoms with Crippen LogP contribution in [0, 0.1) is 0 Å². The number of carboxylic acids is 1. The lowest BCUT2D eigenvalue weighted by Crippen LogP contribution is -2.20. The summed E-state index contributed by atoms with van der Waals surface area (Å²) in [6.07, 6.45) is -3.20. The number of hydrogen-bond donors (Lipinski definition) is 1. The van der Waals surface area contributed by atoms with Crippen molar-refractivity contribution >= 4 is 11.8 Å². The first-order valence-electron chi connectivity index (χ1n) is 5.27. The Hall–Kier alpha value is -1.79. The van der Waals surface area contributed by atoms with Crippen LogP contribution in [0.5, 0.6) is 0 Å². The summed E-state index contributed by atoms with van der Waals surface area (Å²) < 4.78 is 36.9.